The fraction of sp³-hybridized carbons (Fsp3) is 0.364. The summed E-state index contributed by atoms with van der Waals surface area (Å²) in [4.78, 5) is 11.3. The van der Waals surface area contributed by atoms with Gasteiger partial charge in [0.25, 0.3) is 5.91 Å². The molecule has 0 fully saturated rings. The van der Waals surface area contributed by atoms with E-state index >= 15 is 0 Å². The van der Waals surface area contributed by atoms with E-state index in [0.717, 1.165) is 12.0 Å². The first-order valence-electron chi connectivity index (χ1n) is 5.22. The molecule has 3 rings (SSSR count). The molecular formula is C11H12N2O3. The lowest BCUT2D eigenvalue weighted by molar-refractivity contribution is -0.123. The minimum absolute atomic E-state index is 0.0515. The first-order valence-corrected chi connectivity index (χ1v) is 5.22. The first kappa shape index (κ1) is 9.62. The maximum absolute atomic E-state index is 11.3. The molecule has 5 nitrogen and oxygen atoms in total. The van der Waals surface area contributed by atoms with Crippen LogP contribution in [0.3, 0.4) is 0 Å². The number of aliphatic hydroxyl groups is 1. The number of anilines is 1. The molecule has 0 aliphatic carbocycles. The Labute approximate surface area is 92.2 Å². The molecule has 0 spiro atoms. The van der Waals surface area contributed by atoms with Crippen molar-refractivity contribution in [1.29, 1.82) is 0 Å². The third kappa shape index (κ3) is 1.15. The number of nitrogens with one attached hydrogen (secondary N) is 1. The predicted octanol–water partition coefficient (Wildman–Crippen LogP) is -0.0657. The molecule has 4 N–H and O–H groups in total. The number of fused-ring (bicyclic) bond motifs is 3. The van der Waals surface area contributed by atoms with Crippen molar-refractivity contribution >= 4 is 11.6 Å². The van der Waals surface area contributed by atoms with Crippen molar-refractivity contribution in [3.8, 4) is 5.75 Å². The largest absolute Gasteiger partial charge is 0.488 e. The predicted molar refractivity (Wildman–Crippen MR) is 57.2 cm³/mol. The standard InChI is InChI=1S/C11H12N2O3/c12-4-6-3-5-1-2-7-8(10(5)16-6)9(14)11(15)13-7/h1-2,6,9,14H,3-4,12H2,(H,13,15). The number of benzene rings is 1. The molecule has 0 aromatic heterocycles. The minimum atomic E-state index is -1.12. The van der Waals surface area contributed by atoms with Gasteiger partial charge in [-0.3, -0.25) is 4.79 Å². The number of ether oxygens (including phenoxy) is 1. The molecule has 1 aromatic rings. The molecule has 2 heterocycles. The molecule has 0 bridgehead atoms. The van der Waals surface area contributed by atoms with Crippen LogP contribution in [0, 0.1) is 0 Å². The van der Waals surface area contributed by atoms with Gasteiger partial charge in [-0.15, -0.1) is 0 Å². The molecule has 2 aliphatic rings. The van der Waals surface area contributed by atoms with Crippen molar-refractivity contribution in [2.75, 3.05) is 11.9 Å². The summed E-state index contributed by atoms with van der Waals surface area (Å²) in [6, 6.07) is 3.70. The maximum atomic E-state index is 11.3. The Balaban J connectivity index is 2.10. The number of nitrogens with two attached hydrogens (primary N) is 1. The summed E-state index contributed by atoms with van der Waals surface area (Å²) >= 11 is 0. The molecule has 1 amide bonds. The molecule has 2 atom stereocenters. The van der Waals surface area contributed by atoms with Crippen LogP contribution in [0.2, 0.25) is 0 Å². The van der Waals surface area contributed by atoms with Gasteiger partial charge in [-0.1, -0.05) is 6.07 Å². The summed E-state index contributed by atoms with van der Waals surface area (Å²) in [6.07, 6.45) is -0.439. The van der Waals surface area contributed by atoms with Crippen molar-refractivity contribution in [2.45, 2.75) is 18.6 Å². The van der Waals surface area contributed by atoms with Crippen LogP contribution in [0.4, 0.5) is 5.69 Å². The second-order valence-corrected chi connectivity index (χ2v) is 4.09. The van der Waals surface area contributed by atoms with E-state index in [9.17, 15) is 9.90 Å². The van der Waals surface area contributed by atoms with Gasteiger partial charge in [0, 0.05) is 13.0 Å². The SMILES string of the molecule is NCC1Cc2ccc3c(c2O1)C(O)C(=O)N3. The van der Waals surface area contributed by atoms with Crippen LogP contribution >= 0.6 is 0 Å². The molecule has 2 unspecified atom stereocenters. The molecule has 5 heteroatoms. The normalized spacial score (nSPS) is 26.0. The number of hydrogen-bond acceptors (Lipinski definition) is 4. The number of hydrogen-bond donors (Lipinski definition) is 3. The first-order chi connectivity index (χ1) is 7.70. The van der Waals surface area contributed by atoms with Gasteiger partial charge in [0.05, 0.1) is 11.3 Å². The Morgan fingerprint density at radius 2 is 2.38 bits per heavy atom. The highest BCUT2D eigenvalue weighted by molar-refractivity contribution is 6.02. The zero-order valence-electron chi connectivity index (χ0n) is 8.56. The summed E-state index contributed by atoms with van der Waals surface area (Å²) < 4.78 is 5.64. The van der Waals surface area contributed by atoms with E-state index in [4.69, 9.17) is 10.5 Å². The number of amides is 1. The molecule has 84 valence electrons. The second kappa shape index (κ2) is 3.20. The van der Waals surface area contributed by atoms with Crippen molar-refractivity contribution in [3.05, 3.63) is 23.3 Å². The van der Waals surface area contributed by atoms with Gasteiger partial charge >= 0.3 is 0 Å². The molecule has 2 aliphatic heterocycles. The fourth-order valence-electron chi connectivity index (χ4n) is 2.24. The minimum Gasteiger partial charge on any atom is -0.488 e. The average Bonchev–Trinajstić information content (AvgIpc) is 2.81. The van der Waals surface area contributed by atoms with Gasteiger partial charge in [-0.25, -0.2) is 0 Å². The number of carbonyl (C=O) groups is 1. The average molecular weight is 220 g/mol. The molecule has 1 aromatic carbocycles. The summed E-state index contributed by atoms with van der Waals surface area (Å²) in [6.45, 7) is 0.431. The van der Waals surface area contributed by atoms with Crippen molar-refractivity contribution in [3.63, 3.8) is 0 Å². The Morgan fingerprint density at radius 3 is 3.12 bits per heavy atom. The van der Waals surface area contributed by atoms with Gasteiger partial charge in [0.15, 0.2) is 6.10 Å². The topological polar surface area (TPSA) is 84.6 Å². The third-order valence-electron chi connectivity index (χ3n) is 3.05. The molecule has 0 saturated carbocycles. The van der Waals surface area contributed by atoms with E-state index in [0.29, 0.717) is 23.5 Å². The summed E-state index contributed by atoms with van der Waals surface area (Å²) in [7, 11) is 0. The lowest BCUT2D eigenvalue weighted by Crippen LogP contribution is -2.24. The summed E-state index contributed by atoms with van der Waals surface area (Å²) in [5, 5.41) is 12.4. The van der Waals surface area contributed by atoms with E-state index in [-0.39, 0.29) is 6.10 Å². The number of rotatable bonds is 1. The Hall–Kier alpha value is -1.59. The fourth-order valence-corrected chi connectivity index (χ4v) is 2.24. The van der Waals surface area contributed by atoms with Crippen LogP contribution in [0.5, 0.6) is 5.75 Å². The monoisotopic (exact) mass is 220 g/mol. The van der Waals surface area contributed by atoms with Crippen molar-refractivity contribution in [1.82, 2.24) is 0 Å². The van der Waals surface area contributed by atoms with E-state index in [1.807, 2.05) is 6.07 Å². The molecular weight excluding hydrogens is 208 g/mol. The molecule has 0 saturated heterocycles. The lowest BCUT2D eigenvalue weighted by atomic mass is 10.0. The lowest BCUT2D eigenvalue weighted by Gasteiger charge is -2.10. The van der Waals surface area contributed by atoms with E-state index in [2.05, 4.69) is 5.32 Å². The highest BCUT2D eigenvalue weighted by Crippen LogP contribution is 2.43. The molecule has 16 heavy (non-hydrogen) atoms. The third-order valence-corrected chi connectivity index (χ3v) is 3.05. The summed E-state index contributed by atoms with van der Waals surface area (Å²) in [5.74, 6) is 0.224. The Morgan fingerprint density at radius 1 is 1.56 bits per heavy atom. The Bertz CT molecular complexity index is 473. The van der Waals surface area contributed by atoms with E-state index in [1.54, 1.807) is 6.07 Å². The zero-order valence-corrected chi connectivity index (χ0v) is 8.56. The van der Waals surface area contributed by atoms with E-state index < -0.39 is 12.0 Å². The highest BCUT2D eigenvalue weighted by atomic mass is 16.5. The van der Waals surface area contributed by atoms with Crippen LogP contribution in [0.25, 0.3) is 0 Å². The van der Waals surface area contributed by atoms with Crippen LogP contribution in [-0.2, 0) is 11.2 Å². The molecule has 0 radical (unpaired) electrons. The van der Waals surface area contributed by atoms with Crippen LogP contribution in [0.15, 0.2) is 12.1 Å². The summed E-state index contributed by atoms with van der Waals surface area (Å²) in [5.41, 5.74) is 7.74. The van der Waals surface area contributed by atoms with E-state index in [1.165, 1.54) is 0 Å². The smallest absolute Gasteiger partial charge is 0.258 e. The van der Waals surface area contributed by atoms with Crippen LogP contribution in [-0.4, -0.2) is 23.7 Å². The van der Waals surface area contributed by atoms with Gasteiger partial charge < -0.3 is 20.9 Å². The number of aliphatic hydroxyl groups excluding tert-OH is 1. The van der Waals surface area contributed by atoms with Gasteiger partial charge in [-0.05, 0) is 11.6 Å². The highest BCUT2D eigenvalue weighted by Gasteiger charge is 2.36. The van der Waals surface area contributed by atoms with Crippen molar-refractivity contribution in [2.24, 2.45) is 5.73 Å². The van der Waals surface area contributed by atoms with Gasteiger partial charge in [0.1, 0.15) is 11.9 Å². The van der Waals surface area contributed by atoms with Gasteiger partial charge in [0.2, 0.25) is 0 Å². The van der Waals surface area contributed by atoms with Crippen LogP contribution < -0.4 is 15.8 Å². The quantitative estimate of drug-likeness (QED) is 0.618. The number of carbonyl (C=O) groups excluding carboxylic acids is 1. The van der Waals surface area contributed by atoms with Gasteiger partial charge in [-0.2, -0.15) is 0 Å². The van der Waals surface area contributed by atoms with Crippen molar-refractivity contribution < 1.29 is 14.6 Å². The Kier molecular flexibility index (Phi) is 1.92. The second-order valence-electron chi connectivity index (χ2n) is 4.09. The zero-order chi connectivity index (χ0) is 11.3. The van der Waals surface area contributed by atoms with Crippen LogP contribution in [0.1, 0.15) is 17.2 Å². The maximum Gasteiger partial charge on any atom is 0.258 e.